The highest BCUT2D eigenvalue weighted by atomic mass is 79.9. The van der Waals surface area contributed by atoms with Crippen LogP contribution in [0.1, 0.15) is 31.4 Å². The van der Waals surface area contributed by atoms with Gasteiger partial charge >= 0.3 is 0 Å². The maximum Gasteiger partial charge on any atom is 0.157 e. The van der Waals surface area contributed by atoms with Gasteiger partial charge in [-0.05, 0) is 15.9 Å². The van der Waals surface area contributed by atoms with Crippen molar-refractivity contribution in [1.82, 2.24) is 14.7 Å². The Hall–Kier alpha value is -1.10. The molecular formula is C10H12BrN3O. The third-order valence-electron chi connectivity index (χ3n) is 2.12. The number of aromatic nitrogens is 3. The fourth-order valence-corrected chi connectivity index (χ4v) is 1.81. The molecule has 0 atom stereocenters. The normalized spacial score (nSPS) is 11.2. The van der Waals surface area contributed by atoms with Gasteiger partial charge in [-0.15, -0.1) is 0 Å². The lowest BCUT2D eigenvalue weighted by molar-refractivity contribution is 0.371. The summed E-state index contributed by atoms with van der Waals surface area (Å²) in [6.45, 7) is 4.91. The summed E-state index contributed by atoms with van der Waals surface area (Å²) in [6.07, 6.45) is 3.76. The van der Waals surface area contributed by atoms with Crippen molar-refractivity contribution in [3.63, 3.8) is 0 Å². The molecule has 4 nitrogen and oxygen atoms in total. The van der Waals surface area contributed by atoms with Crippen molar-refractivity contribution in [1.29, 1.82) is 0 Å². The van der Waals surface area contributed by atoms with Crippen molar-refractivity contribution in [2.24, 2.45) is 0 Å². The largest absolute Gasteiger partial charge is 0.358 e. The first-order chi connectivity index (χ1) is 7.16. The van der Waals surface area contributed by atoms with Crippen LogP contribution < -0.4 is 0 Å². The molecule has 2 aromatic rings. The first kappa shape index (κ1) is 10.4. The smallest absolute Gasteiger partial charge is 0.157 e. The zero-order chi connectivity index (χ0) is 10.8. The Bertz CT molecular complexity index is 447. The van der Waals surface area contributed by atoms with Gasteiger partial charge in [-0.1, -0.05) is 19.0 Å². The van der Waals surface area contributed by atoms with Gasteiger partial charge in [0.15, 0.2) is 5.76 Å². The van der Waals surface area contributed by atoms with Gasteiger partial charge in [-0.2, -0.15) is 0 Å². The molecule has 0 aliphatic rings. The van der Waals surface area contributed by atoms with E-state index in [0.29, 0.717) is 12.5 Å². The number of hydrogen-bond donors (Lipinski definition) is 0. The number of halogens is 1. The second-order valence-electron chi connectivity index (χ2n) is 3.68. The highest BCUT2D eigenvalue weighted by molar-refractivity contribution is 9.10. The van der Waals surface area contributed by atoms with Gasteiger partial charge in [0.2, 0.25) is 0 Å². The summed E-state index contributed by atoms with van der Waals surface area (Å²) >= 11 is 3.25. The van der Waals surface area contributed by atoms with E-state index in [9.17, 15) is 0 Å². The molecule has 0 aliphatic carbocycles. The highest BCUT2D eigenvalue weighted by Gasteiger charge is 2.09. The summed E-state index contributed by atoms with van der Waals surface area (Å²) < 4.78 is 7.92. The molecule has 80 valence electrons. The summed E-state index contributed by atoms with van der Waals surface area (Å²) in [5.74, 6) is 2.29. The molecule has 2 aromatic heterocycles. The van der Waals surface area contributed by atoms with Crippen LogP contribution in [0.4, 0.5) is 0 Å². The van der Waals surface area contributed by atoms with Crippen LogP contribution >= 0.6 is 15.9 Å². The Morgan fingerprint density at radius 3 is 2.93 bits per heavy atom. The quantitative estimate of drug-likeness (QED) is 0.861. The highest BCUT2D eigenvalue weighted by Crippen LogP contribution is 2.15. The van der Waals surface area contributed by atoms with E-state index in [1.54, 1.807) is 6.20 Å². The third-order valence-corrected chi connectivity index (χ3v) is 2.49. The third kappa shape index (κ3) is 2.28. The molecule has 0 fully saturated rings. The lowest BCUT2D eigenvalue weighted by Crippen LogP contribution is -2.05. The molecule has 5 heteroatoms. The van der Waals surface area contributed by atoms with Crippen LogP contribution in [0.3, 0.4) is 0 Å². The topological polar surface area (TPSA) is 43.9 Å². The lowest BCUT2D eigenvalue weighted by atomic mass is 10.2. The van der Waals surface area contributed by atoms with Crippen LogP contribution in [0.15, 0.2) is 27.6 Å². The van der Waals surface area contributed by atoms with Crippen molar-refractivity contribution in [2.45, 2.75) is 26.3 Å². The first-order valence-electron chi connectivity index (χ1n) is 4.79. The van der Waals surface area contributed by atoms with Gasteiger partial charge < -0.3 is 9.09 Å². The molecule has 0 saturated heterocycles. The van der Waals surface area contributed by atoms with E-state index in [0.717, 1.165) is 16.2 Å². The van der Waals surface area contributed by atoms with Crippen molar-refractivity contribution in [3.05, 3.63) is 34.6 Å². The van der Waals surface area contributed by atoms with Gasteiger partial charge in [0.1, 0.15) is 10.4 Å². The second kappa shape index (κ2) is 4.18. The fourth-order valence-electron chi connectivity index (χ4n) is 1.49. The summed E-state index contributed by atoms with van der Waals surface area (Å²) in [5, 5.41) is 3.78. The van der Waals surface area contributed by atoms with Crippen LogP contribution in [-0.2, 0) is 6.54 Å². The van der Waals surface area contributed by atoms with Gasteiger partial charge in [0, 0.05) is 24.4 Å². The van der Waals surface area contributed by atoms with E-state index in [4.69, 9.17) is 4.52 Å². The van der Waals surface area contributed by atoms with Crippen molar-refractivity contribution < 1.29 is 4.52 Å². The molecule has 0 aromatic carbocycles. The zero-order valence-corrected chi connectivity index (χ0v) is 10.2. The van der Waals surface area contributed by atoms with Gasteiger partial charge in [-0.25, -0.2) is 4.98 Å². The number of nitrogens with zero attached hydrogens (tertiary/aromatic N) is 3. The first-order valence-corrected chi connectivity index (χ1v) is 5.58. The standard InChI is InChI=1S/C10H12BrN3O/c1-7(2)10-12-3-4-14(10)6-8-5-9(11)13-15-8/h3-5,7H,6H2,1-2H3. The van der Waals surface area contributed by atoms with Gasteiger partial charge in [0.05, 0.1) is 6.54 Å². The minimum atomic E-state index is 0.409. The minimum Gasteiger partial charge on any atom is -0.358 e. The van der Waals surface area contributed by atoms with Gasteiger partial charge in [0.25, 0.3) is 0 Å². The van der Waals surface area contributed by atoms with E-state index in [1.807, 2.05) is 12.3 Å². The maximum absolute atomic E-state index is 5.13. The molecule has 0 radical (unpaired) electrons. The van der Waals surface area contributed by atoms with E-state index in [-0.39, 0.29) is 0 Å². The van der Waals surface area contributed by atoms with E-state index in [2.05, 4.69) is 44.5 Å². The number of imidazole rings is 1. The second-order valence-corrected chi connectivity index (χ2v) is 4.50. The Balaban J connectivity index is 2.20. The van der Waals surface area contributed by atoms with Crippen LogP contribution in [0.2, 0.25) is 0 Å². The average molecular weight is 270 g/mol. The maximum atomic E-state index is 5.13. The molecule has 0 aliphatic heterocycles. The lowest BCUT2D eigenvalue weighted by Gasteiger charge is -2.07. The summed E-state index contributed by atoms with van der Waals surface area (Å²) in [4.78, 5) is 4.31. The Labute approximate surface area is 96.4 Å². The predicted octanol–water partition coefficient (Wildman–Crippen LogP) is 2.81. The molecule has 15 heavy (non-hydrogen) atoms. The Kier molecular flexibility index (Phi) is 2.90. The van der Waals surface area contributed by atoms with Crippen LogP contribution in [0.5, 0.6) is 0 Å². The van der Waals surface area contributed by atoms with Crippen LogP contribution in [-0.4, -0.2) is 14.7 Å². The fraction of sp³-hybridized carbons (Fsp3) is 0.400. The number of hydrogen-bond acceptors (Lipinski definition) is 3. The minimum absolute atomic E-state index is 0.409. The SMILES string of the molecule is CC(C)c1nccn1Cc1cc(Br)no1. The monoisotopic (exact) mass is 269 g/mol. The number of rotatable bonds is 3. The summed E-state index contributed by atoms with van der Waals surface area (Å²) in [5.41, 5.74) is 0. The molecule has 0 spiro atoms. The van der Waals surface area contributed by atoms with Gasteiger partial charge in [-0.3, -0.25) is 0 Å². The van der Waals surface area contributed by atoms with Crippen molar-refractivity contribution in [2.75, 3.05) is 0 Å². The van der Waals surface area contributed by atoms with E-state index in [1.165, 1.54) is 0 Å². The molecule has 0 N–H and O–H groups in total. The zero-order valence-electron chi connectivity index (χ0n) is 8.64. The molecule has 2 rings (SSSR count). The Morgan fingerprint density at radius 1 is 1.53 bits per heavy atom. The molecule has 0 bridgehead atoms. The molecule has 0 amide bonds. The molecular weight excluding hydrogens is 258 g/mol. The molecule has 0 saturated carbocycles. The summed E-state index contributed by atoms with van der Waals surface area (Å²) in [7, 11) is 0. The van der Waals surface area contributed by atoms with E-state index < -0.39 is 0 Å². The van der Waals surface area contributed by atoms with Crippen molar-refractivity contribution in [3.8, 4) is 0 Å². The van der Waals surface area contributed by atoms with Crippen molar-refractivity contribution >= 4 is 15.9 Å². The van der Waals surface area contributed by atoms with Crippen LogP contribution in [0, 0.1) is 0 Å². The van der Waals surface area contributed by atoms with Crippen LogP contribution in [0.25, 0.3) is 0 Å². The summed E-state index contributed by atoms with van der Waals surface area (Å²) in [6, 6.07) is 1.87. The Morgan fingerprint density at radius 2 is 2.33 bits per heavy atom. The molecule has 0 unspecified atom stereocenters. The average Bonchev–Trinajstić information content (AvgIpc) is 2.75. The molecule has 2 heterocycles. The predicted molar refractivity (Wildman–Crippen MR) is 59.6 cm³/mol. The van der Waals surface area contributed by atoms with E-state index >= 15 is 0 Å².